The molecule has 0 aromatic carbocycles. The van der Waals surface area contributed by atoms with Crippen LogP contribution in [0.2, 0.25) is 45.8 Å². The summed E-state index contributed by atoms with van der Waals surface area (Å²) in [4.78, 5) is 0. The molecule has 0 radical (unpaired) electrons. The number of hydrogen-bond acceptors (Lipinski definition) is 4. The van der Waals surface area contributed by atoms with Gasteiger partial charge in [0.05, 0.1) is 12.9 Å². The fourth-order valence-corrected chi connectivity index (χ4v) is 13.4. The van der Waals surface area contributed by atoms with Gasteiger partial charge in [-0.25, -0.2) is 0 Å². The lowest BCUT2D eigenvalue weighted by Crippen LogP contribution is -2.53. The predicted molar refractivity (Wildman–Crippen MR) is 89.9 cm³/mol. The number of rotatable bonds is 8. The average molecular weight is 335 g/mol. The van der Waals surface area contributed by atoms with Gasteiger partial charge in [0.25, 0.3) is 0 Å². The number of allylic oxidation sites excluding steroid dienone is 1. The number of ether oxygens (including phenoxy) is 2. The van der Waals surface area contributed by atoms with E-state index >= 15 is 0 Å². The average Bonchev–Trinajstić information content (AvgIpc) is 2.94. The second kappa shape index (κ2) is 6.45. The van der Waals surface area contributed by atoms with Crippen molar-refractivity contribution < 1.29 is 17.7 Å². The molecule has 0 spiro atoms. The molecule has 0 saturated carbocycles. The fourth-order valence-electron chi connectivity index (χ4n) is 1.90. The Kier molecular flexibility index (Phi) is 5.84. The van der Waals surface area contributed by atoms with Crippen LogP contribution in [0.5, 0.6) is 0 Å². The Labute approximate surface area is 127 Å². The van der Waals surface area contributed by atoms with E-state index in [9.17, 15) is 0 Å². The van der Waals surface area contributed by atoms with E-state index in [4.69, 9.17) is 17.7 Å². The molecular weight excluding hydrogens is 304 g/mol. The minimum Gasteiger partial charge on any atom is -0.499 e. The standard InChI is InChI=1S/C13H30O4Si3/c1-12(9-14-10-13-11-15-13)20(8,16-18(2,3)4)17-19(5,6)7/h9,13H,10-11H2,1-8H3. The van der Waals surface area contributed by atoms with Gasteiger partial charge < -0.3 is 17.7 Å². The molecule has 0 aromatic heterocycles. The molecule has 20 heavy (non-hydrogen) atoms. The smallest absolute Gasteiger partial charge is 0.347 e. The van der Waals surface area contributed by atoms with Crippen LogP contribution in [0.15, 0.2) is 11.5 Å². The molecule has 1 fully saturated rings. The zero-order valence-electron chi connectivity index (χ0n) is 14.2. The fraction of sp³-hybridized carbons (Fsp3) is 0.846. The Bertz CT molecular complexity index is 338. The second-order valence-corrected chi connectivity index (χ2v) is 20.2. The zero-order valence-corrected chi connectivity index (χ0v) is 17.2. The quantitative estimate of drug-likeness (QED) is 0.386. The molecule has 1 aliphatic heterocycles. The monoisotopic (exact) mass is 334 g/mol. The third kappa shape index (κ3) is 7.19. The van der Waals surface area contributed by atoms with Crippen LogP contribution in [-0.2, 0) is 17.7 Å². The molecule has 0 aliphatic carbocycles. The highest BCUT2D eigenvalue weighted by Gasteiger charge is 2.42. The van der Waals surface area contributed by atoms with Crippen molar-refractivity contribution in [3.8, 4) is 0 Å². The third-order valence-electron chi connectivity index (χ3n) is 2.66. The Morgan fingerprint density at radius 3 is 1.85 bits per heavy atom. The van der Waals surface area contributed by atoms with Gasteiger partial charge in [0.15, 0.2) is 16.6 Å². The van der Waals surface area contributed by atoms with Crippen molar-refractivity contribution in [2.75, 3.05) is 13.2 Å². The van der Waals surface area contributed by atoms with Crippen LogP contribution in [0.1, 0.15) is 6.92 Å². The van der Waals surface area contributed by atoms with Crippen molar-refractivity contribution >= 4 is 25.2 Å². The third-order valence-corrected chi connectivity index (χ3v) is 12.2. The molecule has 0 amide bonds. The van der Waals surface area contributed by atoms with Crippen LogP contribution >= 0.6 is 0 Å². The van der Waals surface area contributed by atoms with E-state index in [0.717, 1.165) is 11.8 Å². The van der Waals surface area contributed by atoms with Gasteiger partial charge in [-0.1, -0.05) is 0 Å². The molecule has 4 nitrogen and oxygen atoms in total. The molecular formula is C13H30O4Si3. The molecule has 0 aromatic rings. The summed E-state index contributed by atoms with van der Waals surface area (Å²) in [6.45, 7) is 18.9. The van der Waals surface area contributed by atoms with E-state index in [-0.39, 0.29) is 6.10 Å². The molecule has 1 aliphatic rings. The normalized spacial score (nSPS) is 21.0. The topological polar surface area (TPSA) is 40.2 Å². The van der Waals surface area contributed by atoms with E-state index in [1.54, 1.807) is 0 Å². The highest BCUT2D eigenvalue weighted by Crippen LogP contribution is 2.27. The van der Waals surface area contributed by atoms with Crippen molar-refractivity contribution in [2.45, 2.75) is 58.9 Å². The molecule has 0 N–H and O–H groups in total. The van der Waals surface area contributed by atoms with E-state index in [1.165, 1.54) is 0 Å². The Balaban J connectivity index is 2.77. The SMILES string of the molecule is CC(=COCC1CO1)[Si](C)(O[Si](C)(C)C)O[Si](C)(C)C. The summed E-state index contributed by atoms with van der Waals surface area (Å²) in [6, 6.07) is 0. The van der Waals surface area contributed by atoms with Gasteiger partial charge in [0.1, 0.15) is 12.7 Å². The van der Waals surface area contributed by atoms with Crippen molar-refractivity contribution in [3.63, 3.8) is 0 Å². The van der Waals surface area contributed by atoms with Gasteiger partial charge in [-0.05, 0) is 52.8 Å². The van der Waals surface area contributed by atoms with Crippen LogP contribution in [0, 0.1) is 0 Å². The summed E-state index contributed by atoms with van der Waals surface area (Å²) in [7, 11) is -5.69. The van der Waals surface area contributed by atoms with Gasteiger partial charge in [0, 0.05) is 5.20 Å². The molecule has 1 heterocycles. The molecule has 0 bridgehead atoms. The summed E-state index contributed by atoms with van der Waals surface area (Å²) in [5.74, 6) is 0. The van der Waals surface area contributed by atoms with Crippen molar-refractivity contribution in [3.05, 3.63) is 11.5 Å². The summed E-state index contributed by atoms with van der Waals surface area (Å²) < 4.78 is 23.7. The van der Waals surface area contributed by atoms with Crippen LogP contribution in [0.25, 0.3) is 0 Å². The largest absolute Gasteiger partial charge is 0.499 e. The first-order valence-corrected chi connectivity index (χ1v) is 16.4. The lowest BCUT2D eigenvalue weighted by Gasteiger charge is -2.38. The highest BCUT2D eigenvalue weighted by atomic mass is 28.5. The Hall–Kier alpha value is 0.0706. The molecule has 1 rings (SSSR count). The van der Waals surface area contributed by atoms with E-state index in [2.05, 4.69) is 52.8 Å². The number of epoxide rings is 1. The number of hydrogen-bond donors (Lipinski definition) is 0. The van der Waals surface area contributed by atoms with Crippen molar-refractivity contribution in [2.24, 2.45) is 0 Å². The maximum atomic E-state index is 6.45. The van der Waals surface area contributed by atoms with Crippen LogP contribution in [0.4, 0.5) is 0 Å². The van der Waals surface area contributed by atoms with Gasteiger partial charge in [-0.3, -0.25) is 0 Å². The van der Waals surface area contributed by atoms with Crippen LogP contribution in [0.3, 0.4) is 0 Å². The van der Waals surface area contributed by atoms with Gasteiger partial charge in [0.2, 0.25) is 0 Å². The summed E-state index contributed by atoms with van der Waals surface area (Å²) in [5, 5.41) is 1.11. The maximum absolute atomic E-state index is 6.45. The lowest BCUT2D eigenvalue weighted by atomic mass is 10.5. The second-order valence-electron chi connectivity index (χ2n) is 7.46. The van der Waals surface area contributed by atoms with E-state index in [0.29, 0.717) is 6.61 Å². The Morgan fingerprint density at radius 1 is 1.05 bits per heavy atom. The molecule has 118 valence electrons. The van der Waals surface area contributed by atoms with Gasteiger partial charge >= 0.3 is 8.56 Å². The van der Waals surface area contributed by atoms with Crippen LogP contribution in [-0.4, -0.2) is 44.5 Å². The van der Waals surface area contributed by atoms with Gasteiger partial charge in [-0.15, -0.1) is 0 Å². The predicted octanol–water partition coefficient (Wildman–Crippen LogP) is 3.62. The zero-order chi connectivity index (χ0) is 15.6. The summed E-state index contributed by atoms with van der Waals surface area (Å²) >= 11 is 0. The first-order chi connectivity index (χ1) is 8.91. The first-order valence-electron chi connectivity index (χ1n) is 7.22. The highest BCUT2D eigenvalue weighted by molar-refractivity contribution is 6.90. The molecule has 1 saturated heterocycles. The van der Waals surface area contributed by atoms with Crippen LogP contribution < -0.4 is 0 Å². The molecule has 1 atom stereocenters. The minimum atomic E-state index is -2.36. The van der Waals surface area contributed by atoms with E-state index < -0.39 is 25.2 Å². The van der Waals surface area contributed by atoms with Crippen molar-refractivity contribution in [1.29, 1.82) is 0 Å². The van der Waals surface area contributed by atoms with E-state index in [1.807, 2.05) is 6.26 Å². The summed E-state index contributed by atoms with van der Waals surface area (Å²) in [6.07, 6.45) is 2.11. The lowest BCUT2D eigenvalue weighted by molar-refractivity contribution is 0.210. The summed E-state index contributed by atoms with van der Waals surface area (Å²) in [5.41, 5.74) is 0. The molecule has 7 heteroatoms. The van der Waals surface area contributed by atoms with Crippen molar-refractivity contribution in [1.82, 2.24) is 0 Å². The van der Waals surface area contributed by atoms with Gasteiger partial charge in [-0.2, -0.15) is 0 Å². The maximum Gasteiger partial charge on any atom is 0.347 e. The Morgan fingerprint density at radius 2 is 1.50 bits per heavy atom. The first kappa shape index (κ1) is 18.1. The minimum absolute atomic E-state index is 0.280. The molecule has 1 unspecified atom stereocenters.